The molecule has 1 heterocycles. The maximum absolute atomic E-state index is 12.1. The summed E-state index contributed by atoms with van der Waals surface area (Å²) in [6.07, 6.45) is 0. The molecule has 1 aromatic carbocycles. The quantitative estimate of drug-likeness (QED) is 0.881. The number of pyridine rings is 1. The van der Waals surface area contributed by atoms with E-state index < -0.39 is 0 Å². The van der Waals surface area contributed by atoms with Crippen LogP contribution in [0.5, 0.6) is 0 Å². The predicted octanol–water partition coefficient (Wildman–Crippen LogP) is 2.32. The van der Waals surface area contributed by atoms with Gasteiger partial charge in [0.2, 0.25) is 0 Å². The van der Waals surface area contributed by atoms with Gasteiger partial charge in [-0.1, -0.05) is 18.2 Å². The largest absolute Gasteiger partial charge is 0.370 e. The van der Waals surface area contributed by atoms with Crippen molar-refractivity contribution >= 4 is 11.7 Å². The summed E-state index contributed by atoms with van der Waals surface area (Å²) in [5.74, 6) is 0.439. The topological polar surface area (TPSA) is 77.8 Å². The van der Waals surface area contributed by atoms with Crippen LogP contribution in [0.3, 0.4) is 0 Å². The second kappa shape index (κ2) is 7.06. The smallest absolute Gasteiger partial charge is 0.270 e. The number of hydrogen-bond donors (Lipinski definition) is 2. The van der Waals surface area contributed by atoms with Crippen LogP contribution in [-0.4, -0.2) is 17.4 Å². The average molecular weight is 280 g/mol. The number of carbonyl (C=O) groups is 1. The summed E-state index contributed by atoms with van der Waals surface area (Å²) >= 11 is 0. The van der Waals surface area contributed by atoms with E-state index in [4.69, 9.17) is 5.26 Å². The number of nitrogens with zero attached hydrogens (tertiary/aromatic N) is 2. The third-order valence-corrected chi connectivity index (χ3v) is 2.85. The van der Waals surface area contributed by atoms with Crippen molar-refractivity contribution in [3.05, 3.63) is 59.3 Å². The molecule has 0 fully saturated rings. The molecule has 0 aliphatic rings. The zero-order chi connectivity index (χ0) is 15.1. The summed E-state index contributed by atoms with van der Waals surface area (Å²) in [5, 5.41) is 14.7. The lowest BCUT2D eigenvalue weighted by atomic mass is 10.1. The van der Waals surface area contributed by atoms with Gasteiger partial charge in [0.25, 0.3) is 5.91 Å². The molecule has 0 radical (unpaired) electrons. The Balaban J connectivity index is 2.01. The minimum atomic E-state index is -0.239. The van der Waals surface area contributed by atoms with Crippen LogP contribution >= 0.6 is 0 Å². The van der Waals surface area contributed by atoms with E-state index >= 15 is 0 Å². The molecular formula is C16H16N4O. The maximum atomic E-state index is 12.1. The number of aromatic nitrogens is 1. The van der Waals surface area contributed by atoms with Gasteiger partial charge in [0.15, 0.2) is 0 Å². The van der Waals surface area contributed by atoms with Gasteiger partial charge in [0.05, 0.1) is 11.6 Å². The molecule has 0 saturated heterocycles. The molecule has 0 aliphatic carbocycles. The minimum absolute atomic E-state index is 0.239. The first-order chi connectivity index (χ1) is 10.2. The highest BCUT2D eigenvalue weighted by Gasteiger charge is 2.07. The standard InChI is InChI=1S/C16H16N4O/c1-2-18-15-8-4-7-14(20-15)16(21)19-11-13-6-3-5-12(9-13)10-17/h3-9H,2,11H2,1H3,(H,18,20)(H,19,21). The maximum Gasteiger partial charge on any atom is 0.270 e. The number of anilines is 1. The van der Waals surface area contributed by atoms with Gasteiger partial charge in [-0.25, -0.2) is 4.98 Å². The van der Waals surface area contributed by atoms with E-state index in [-0.39, 0.29) is 5.91 Å². The molecule has 2 aromatic rings. The molecule has 0 aliphatic heterocycles. The number of nitriles is 1. The molecule has 5 nitrogen and oxygen atoms in total. The molecule has 0 bridgehead atoms. The highest BCUT2D eigenvalue weighted by molar-refractivity contribution is 5.92. The van der Waals surface area contributed by atoms with Crippen molar-refractivity contribution in [2.45, 2.75) is 13.5 Å². The van der Waals surface area contributed by atoms with Crippen LogP contribution in [0.1, 0.15) is 28.5 Å². The highest BCUT2D eigenvalue weighted by Crippen LogP contribution is 2.06. The summed E-state index contributed by atoms with van der Waals surface area (Å²) in [6, 6.07) is 14.5. The van der Waals surface area contributed by atoms with Gasteiger partial charge >= 0.3 is 0 Å². The van der Waals surface area contributed by atoms with Gasteiger partial charge in [0.1, 0.15) is 11.5 Å². The van der Waals surface area contributed by atoms with E-state index in [1.54, 1.807) is 30.3 Å². The summed E-state index contributed by atoms with van der Waals surface area (Å²) < 4.78 is 0. The molecule has 0 atom stereocenters. The SMILES string of the molecule is CCNc1cccc(C(=O)NCc2cccc(C#N)c2)n1. The van der Waals surface area contributed by atoms with Crippen molar-refractivity contribution in [3.63, 3.8) is 0 Å². The fourth-order valence-electron chi connectivity index (χ4n) is 1.86. The molecule has 0 unspecified atom stereocenters. The van der Waals surface area contributed by atoms with Crippen LogP contribution in [0.15, 0.2) is 42.5 Å². The molecule has 106 valence electrons. The molecular weight excluding hydrogens is 264 g/mol. The van der Waals surface area contributed by atoms with E-state index in [0.29, 0.717) is 23.6 Å². The lowest BCUT2D eigenvalue weighted by molar-refractivity contribution is 0.0946. The van der Waals surface area contributed by atoms with Crippen molar-refractivity contribution < 1.29 is 4.79 Å². The number of benzene rings is 1. The molecule has 1 amide bonds. The second-order valence-corrected chi connectivity index (χ2v) is 4.43. The van der Waals surface area contributed by atoms with Crippen molar-refractivity contribution in [2.24, 2.45) is 0 Å². The van der Waals surface area contributed by atoms with Crippen LogP contribution in [0.2, 0.25) is 0 Å². The Morgan fingerprint density at radius 2 is 2.10 bits per heavy atom. The fraction of sp³-hybridized carbons (Fsp3) is 0.188. The van der Waals surface area contributed by atoms with Gasteiger partial charge in [0, 0.05) is 13.1 Å². The summed E-state index contributed by atoms with van der Waals surface area (Å²) in [4.78, 5) is 16.3. The predicted molar refractivity (Wildman–Crippen MR) is 80.7 cm³/mol. The Morgan fingerprint density at radius 3 is 2.86 bits per heavy atom. The molecule has 0 spiro atoms. The van der Waals surface area contributed by atoms with E-state index in [9.17, 15) is 4.79 Å². The number of nitrogens with one attached hydrogen (secondary N) is 2. The third-order valence-electron chi connectivity index (χ3n) is 2.85. The first-order valence-electron chi connectivity index (χ1n) is 6.71. The van der Waals surface area contributed by atoms with Crippen molar-refractivity contribution in [1.29, 1.82) is 5.26 Å². The molecule has 5 heteroatoms. The Morgan fingerprint density at radius 1 is 1.29 bits per heavy atom. The van der Waals surface area contributed by atoms with E-state index in [1.165, 1.54) is 0 Å². The lowest BCUT2D eigenvalue weighted by Crippen LogP contribution is -2.24. The average Bonchev–Trinajstić information content (AvgIpc) is 2.53. The van der Waals surface area contributed by atoms with Crippen LogP contribution in [0.25, 0.3) is 0 Å². The van der Waals surface area contributed by atoms with E-state index in [0.717, 1.165) is 12.1 Å². The molecule has 21 heavy (non-hydrogen) atoms. The van der Waals surface area contributed by atoms with Crippen LogP contribution < -0.4 is 10.6 Å². The van der Waals surface area contributed by atoms with Crippen LogP contribution in [0, 0.1) is 11.3 Å². The van der Waals surface area contributed by atoms with Gasteiger partial charge in [-0.2, -0.15) is 5.26 Å². The lowest BCUT2D eigenvalue weighted by Gasteiger charge is -2.07. The number of rotatable bonds is 5. The van der Waals surface area contributed by atoms with Crippen molar-refractivity contribution in [3.8, 4) is 6.07 Å². The first-order valence-corrected chi connectivity index (χ1v) is 6.71. The van der Waals surface area contributed by atoms with Gasteiger partial charge in [-0.15, -0.1) is 0 Å². The van der Waals surface area contributed by atoms with Gasteiger partial charge in [-0.05, 0) is 36.8 Å². The minimum Gasteiger partial charge on any atom is -0.370 e. The normalized spacial score (nSPS) is 9.71. The van der Waals surface area contributed by atoms with Gasteiger partial charge < -0.3 is 10.6 Å². The summed E-state index contributed by atoms with van der Waals surface area (Å²) in [7, 11) is 0. The van der Waals surface area contributed by atoms with E-state index in [1.807, 2.05) is 19.1 Å². The van der Waals surface area contributed by atoms with Gasteiger partial charge in [-0.3, -0.25) is 4.79 Å². The zero-order valence-electron chi connectivity index (χ0n) is 11.8. The fourth-order valence-corrected chi connectivity index (χ4v) is 1.86. The van der Waals surface area contributed by atoms with E-state index in [2.05, 4.69) is 21.7 Å². The molecule has 1 aromatic heterocycles. The summed E-state index contributed by atoms with van der Waals surface area (Å²) in [5.41, 5.74) is 1.82. The van der Waals surface area contributed by atoms with Crippen molar-refractivity contribution in [2.75, 3.05) is 11.9 Å². The molecule has 2 N–H and O–H groups in total. The Bertz CT molecular complexity index is 676. The van der Waals surface area contributed by atoms with Crippen LogP contribution in [0.4, 0.5) is 5.82 Å². The monoisotopic (exact) mass is 280 g/mol. The highest BCUT2D eigenvalue weighted by atomic mass is 16.1. The third kappa shape index (κ3) is 4.05. The number of hydrogen-bond acceptors (Lipinski definition) is 4. The first kappa shape index (κ1) is 14.5. The molecule has 0 saturated carbocycles. The molecule has 2 rings (SSSR count). The second-order valence-electron chi connectivity index (χ2n) is 4.43. The van der Waals surface area contributed by atoms with Crippen molar-refractivity contribution in [1.82, 2.24) is 10.3 Å². The summed E-state index contributed by atoms with van der Waals surface area (Å²) in [6.45, 7) is 3.08. The number of amides is 1. The Kier molecular flexibility index (Phi) is 4.89. The van der Waals surface area contributed by atoms with Crippen LogP contribution in [-0.2, 0) is 6.54 Å². The number of carbonyl (C=O) groups excluding carboxylic acids is 1. The Hall–Kier alpha value is -2.87. The Labute approximate surface area is 123 Å². The zero-order valence-corrected chi connectivity index (χ0v) is 11.8.